The van der Waals surface area contributed by atoms with E-state index in [0.29, 0.717) is 4.91 Å². The van der Waals surface area contributed by atoms with Crippen molar-refractivity contribution in [3.8, 4) is 0 Å². The Hall–Kier alpha value is -3.02. The van der Waals surface area contributed by atoms with Gasteiger partial charge >= 0.3 is 11.9 Å². The zero-order chi connectivity index (χ0) is 24.3. The van der Waals surface area contributed by atoms with E-state index < -0.39 is 30.4 Å². The van der Waals surface area contributed by atoms with Crippen LogP contribution in [-0.4, -0.2) is 62.8 Å². The van der Waals surface area contributed by atoms with Gasteiger partial charge < -0.3 is 21.3 Å². The number of hydrogen-bond donors (Lipinski definition) is 4. The Kier molecular flexibility index (Phi) is 11.3. The van der Waals surface area contributed by atoms with Gasteiger partial charge in [0.25, 0.3) is 5.91 Å². The average Bonchev–Trinajstić information content (AvgIpc) is 2.97. The highest BCUT2D eigenvalue weighted by Gasteiger charge is 2.32. The number of carboxylic acids is 2. The van der Waals surface area contributed by atoms with Gasteiger partial charge in [-0.25, -0.2) is 0 Å². The summed E-state index contributed by atoms with van der Waals surface area (Å²) in [5.74, 6) is -2.88. The third-order valence-corrected chi connectivity index (χ3v) is 5.60. The van der Waals surface area contributed by atoms with Crippen molar-refractivity contribution in [1.82, 2.24) is 10.2 Å². The second-order valence-corrected chi connectivity index (χ2v) is 8.26. The summed E-state index contributed by atoms with van der Waals surface area (Å²) in [5, 5.41) is 19.8. The lowest BCUT2D eigenvalue weighted by atomic mass is 10.1. The van der Waals surface area contributed by atoms with E-state index in [1.54, 1.807) is 12.2 Å². The fourth-order valence-electron chi connectivity index (χ4n) is 2.48. The summed E-state index contributed by atoms with van der Waals surface area (Å²) in [6, 6.07) is 7.21. The Morgan fingerprint density at radius 2 is 1.94 bits per heavy atom. The molecule has 5 N–H and O–H groups in total. The van der Waals surface area contributed by atoms with Crippen LogP contribution in [0.2, 0.25) is 0 Å². The zero-order valence-corrected chi connectivity index (χ0v) is 19.2. The molecular weight excluding hydrogens is 454 g/mol. The number of nitrogens with one attached hydrogen (secondary N) is 1. The molecule has 1 aliphatic heterocycles. The van der Waals surface area contributed by atoms with Crippen LogP contribution in [-0.2, 0) is 19.2 Å². The second kappa shape index (κ2) is 13.4. The van der Waals surface area contributed by atoms with E-state index in [9.17, 15) is 19.2 Å². The number of nitrogens with zero attached hydrogens (tertiary/aromatic N) is 1. The lowest BCUT2D eigenvalue weighted by Gasteiger charge is -2.09. The van der Waals surface area contributed by atoms with E-state index in [-0.39, 0.29) is 23.1 Å². The van der Waals surface area contributed by atoms with Crippen molar-refractivity contribution in [2.45, 2.75) is 25.8 Å². The Balaban J connectivity index is 0.000000396. The van der Waals surface area contributed by atoms with Crippen LogP contribution in [0.1, 0.15) is 24.0 Å². The van der Waals surface area contributed by atoms with Gasteiger partial charge in [0.05, 0.1) is 4.91 Å². The number of rotatable bonds is 9. The minimum atomic E-state index is -1.08. The molecule has 1 aromatic carbocycles. The van der Waals surface area contributed by atoms with Crippen LogP contribution in [0.15, 0.2) is 41.3 Å². The molecule has 1 fully saturated rings. The van der Waals surface area contributed by atoms with Gasteiger partial charge in [-0.2, -0.15) is 0 Å². The smallest absolute Gasteiger partial charge is 0.323 e. The van der Waals surface area contributed by atoms with Gasteiger partial charge in [0.15, 0.2) is 0 Å². The number of thioether (sulfide) groups is 1. The number of amides is 2. The molecule has 0 aromatic heterocycles. The number of nitrogens with two attached hydrogens (primary N) is 1. The fraction of sp³-hybridized carbons (Fsp3) is 0.286. The van der Waals surface area contributed by atoms with E-state index in [2.05, 4.69) is 5.32 Å². The number of likely N-dealkylation sites (N-methyl/N-ethyl adjacent to an activating group) is 1. The van der Waals surface area contributed by atoms with Crippen molar-refractivity contribution < 1.29 is 29.4 Å². The largest absolute Gasteiger partial charge is 0.480 e. The highest BCUT2D eigenvalue weighted by Crippen LogP contribution is 2.30. The number of thiocarbonyl (C=S) groups is 1. The quantitative estimate of drug-likeness (QED) is 0.307. The number of aryl methyl sites for hydroxylation is 1. The van der Waals surface area contributed by atoms with E-state index in [0.717, 1.165) is 27.8 Å². The number of primary amides is 1. The maximum Gasteiger partial charge on any atom is 0.323 e. The molecule has 0 saturated carbocycles. The third kappa shape index (κ3) is 9.00. The number of allylic oxidation sites excluding steroid dienone is 2. The van der Waals surface area contributed by atoms with Gasteiger partial charge in [-0.1, -0.05) is 60.4 Å². The first kappa shape index (κ1) is 27.0. The maximum absolute atomic E-state index is 12.0. The molecule has 9 nitrogen and oxygen atoms in total. The van der Waals surface area contributed by atoms with E-state index in [1.165, 1.54) is 7.05 Å². The number of benzene rings is 1. The predicted molar refractivity (Wildman–Crippen MR) is 127 cm³/mol. The standard InChI is InChI=1S/C15H13NO3S2.C6H12N2O3/c1-10-5-2-3-6-11(10)7-4-8-12-14(19)16(9-13(17)18)15(20)21-12;1-8-4(6(10)11)2-3-5(7)9/h2-8H,9H2,1H3,(H,17,18);4,8H,2-3H2,1H3,(H2,7,9)(H,10,11)/b7-4+,12-8+;/t;4-/m.1/s1. The lowest BCUT2D eigenvalue weighted by molar-refractivity contribution is -0.140. The Morgan fingerprint density at radius 1 is 1.28 bits per heavy atom. The fourth-order valence-corrected chi connectivity index (χ4v) is 3.68. The van der Waals surface area contributed by atoms with Crippen molar-refractivity contribution in [2.75, 3.05) is 13.6 Å². The molecule has 1 heterocycles. The zero-order valence-electron chi connectivity index (χ0n) is 17.6. The summed E-state index contributed by atoms with van der Waals surface area (Å²) in [7, 11) is 1.53. The van der Waals surface area contributed by atoms with E-state index in [4.69, 9.17) is 28.2 Å². The molecule has 1 saturated heterocycles. The van der Waals surface area contributed by atoms with Crippen LogP contribution in [0.25, 0.3) is 6.08 Å². The first-order valence-electron chi connectivity index (χ1n) is 9.44. The summed E-state index contributed by atoms with van der Waals surface area (Å²) < 4.78 is 0.276. The third-order valence-electron chi connectivity index (χ3n) is 4.20. The molecule has 1 aliphatic rings. The molecule has 172 valence electrons. The predicted octanol–water partition coefficient (Wildman–Crippen LogP) is 1.76. The van der Waals surface area contributed by atoms with Crippen LogP contribution in [0.3, 0.4) is 0 Å². The SMILES string of the molecule is CN[C@H](CCC(N)=O)C(=O)O.Cc1ccccc1/C=C/C=C1/SC(=S)N(CC(=O)O)C1=O. The first-order valence-corrected chi connectivity index (χ1v) is 10.7. The van der Waals surface area contributed by atoms with Crippen LogP contribution < -0.4 is 11.1 Å². The van der Waals surface area contributed by atoms with Gasteiger partial charge in [-0.15, -0.1) is 0 Å². The molecule has 1 aromatic rings. The number of hydrogen-bond acceptors (Lipinski definition) is 7. The Labute approximate surface area is 195 Å². The number of carbonyl (C=O) groups excluding carboxylic acids is 2. The first-order chi connectivity index (χ1) is 15.1. The topological polar surface area (TPSA) is 150 Å². The molecule has 1 atom stereocenters. The maximum atomic E-state index is 12.0. The molecule has 0 bridgehead atoms. The molecule has 11 heteroatoms. The molecule has 0 radical (unpaired) electrons. The van der Waals surface area contributed by atoms with Gasteiger partial charge in [0, 0.05) is 6.42 Å². The Morgan fingerprint density at radius 3 is 2.47 bits per heavy atom. The monoisotopic (exact) mass is 479 g/mol. The summed E-state index contributed by atoms with van der Waals surface area (Å²) in [5.41, 5.74) is 7.04. The van der Waals surface area contributed by atoms with Gasteiger partial charge in [0.2, 0.25) is 5.91 Å². The summed E-state index contributed by atoms with van der Waals surface area (Å²) >= 11 is 6.13. The highest BCUT2D eigenvalue weighted by atomic mass is 32.2. The van der Waals surface area contributed by atoms with Crippen LogP contribution in [0, 0.1) is 6.92 Å². The summed E-state index contributed by atoms with van der Waals surface area (Å²) in [4.78, 5) is 44.8. The van der Waals surface area contributed by atoms with Crippen LogP contribution in [0.4, 0.5) is 0 Å². The number of carbonyl (C=O) groups is 4. The van der Waals surface area contributed by atoms with Gasteiger partial charge in [-0.05, 0) is 37.6 Å². The lowest BCUT2D eigenvalue weighted by Crippen LogP contribution is -2.34. The molecule has 0 unspecified atom stereocenters. The minimum absolute atomic E-state index is 0.0950. The number of carboxylic acid groups (broad SMARTS) is 2. The van der Waals surface area contributed by atoms with E-state index >= 15 is 0 Å². The molecule has 32 heavy (non-hydrogen) atoms. The Bertz CT molecular complexity index is 945. The van der Waals surface area contributed by atoms with Gasteiger partial charge in [0.1, 0.15) is 16.9 Å². The molecular formula is C21H25N3O6S2. The average molecular weight is 480 g/mol. The number of aliphatic carboxylic acids is 2. The molecule has 2 amide bonds. The van der Waals surface area contributed by atoms with Crippen LogP contribution >= 0.6 is 24.0 Å². The highest BCUT2D eigenvalue weighted by molar-refractivity contribution is 8.26. The van der Waals surface area contributed by atoms with Crippen molar-refractivity contribution in [2.24, 2.45) is 5.73 Å². The van der Waals surface area contributed by atoms with Crippen molar-refractivity contribution in [3.05, 3.63) is 52.4 Å². The normalized spacial score (nSPS) is 15.6. The molecule has 0 spiro atoms. The summed E-state index contributed by atoms with van der Waals surface area (Å²) in [6.07, 6.45) is 5.67. The second-order valence-electron chi connectivity index (χ2n) is 6.58. The van der Waals surface area contributed by atoms with E-state index in [1.807, 2.05) is 37.3 Å². The minimum Gasteiger partial charge on any atom is -0.480 e. The molecule has 0 aliphatic carbocycles. The van der Waals surface area contributed by atoms with Crippen LogP contribution in [0.5, 0.6) is 0 Å². The molecule has 2 rings (SSSR count). The summed E-state index contributed by atoms with van der Waals surface area (Å²) in [6.45, 7) is 1.61. The van der Waals surface area contributed by atoms with Gasteiger partial charge in [-0.3, -0.25) is 24.1 Å². The van der Waals surface area contributed by atoms with Crippen molar-refractivity contribution in [1.29, 1.82) is 0 Å². The van der Waals surface area contributed by atoms with Crippen molar-refractivity contribution >= 4 is 58.1 Å². The van der Waals surface area contributed by atoms with Crippen molar-refractivity contribution in [3.63, 3.8) is 0 Å².